The third-order valence-electron chi connectivity index (χ3n) is 5.73. The first-order valence-electron chi connectivity index (χ1n) is 9.98. The highest BCUT2D eigenvalue weighted by Gasteiger charge is 2.43. The van der Waals surface area contributed by atoms with Gasteiger partial charge in [0.25, 0.3) is 10.0 Å². The average Bonchev–Trinajstić information content (AvgIpc) is 2.75. The monoisotopic (exact) mass is 419 g/mol. The van der Waals surface area contributed by atoms with Crippen LogP contribution in [0.15, 0.2) is 90.3 Å². The zero-order chi connectivity index (χ0) is 21.4. The number of fused-ring (bicyclic) bond motifs is 1. The zero-order valence-electron chi connectivity index (χ0n) is 17.0. The van der Waals surface area contributed by atoms with Gasteiger partial charge in [0.15, 0.2) is 0 Å². The summed E-state index contributed by atoms with van der Waals surface area (Å²) in [5, 5.41) is 11.8. The third-order valence-corrected chi connectivity index (χ3v) is 7.56. The summed E-state index contributed by atoms with van der Waals surface area (Å²) in [7, 11) is -3.74. The van der Waals surface area contributed by atoms with E-state index in [0.29, 0.717) is 17.7 Å². The van der Waals surface area contributed by atoms with E-state index in [4.69, 9.17) is 0 Å². The number of anilines is 1. The Morgan fingerprint density at radius 2 is 1.63 bits per heavy atom. The number of para-hydroxylation sites is 1. The quantitative estimate of drug-likeness (QED) is 0.617. The number of nitrogens with zero attached hydrogens (tertiary/aromatic N) is 1. The van der Waals surface area contributed by atoms with Crippen molar-refractivity contribution in [2.75, 3.05) is 10.8 Å². The van der Waals surface area contributed by atoms with Crippen molar-refractivity contribution >= 4 is 15.7 Å². The summed E-state index contributed by atoms with van der Waals surface area (Å²) in [5.74, 6) is 0. The maximum atomic E-state index is 13.4. The minimum atomic E-state index is -3.74. The number of rotatable bonds is 5. The van der Waals surface area contributed by atoms with Crippen LogP contribution in [0.5, 0.6) is 0 Å². The Balaban J connectivity index is 1.85. The molecule has 4 rings (SSSR count). The SMILES string of the molecule is C=CCc1ccccc1C1(O)CCN(S(=O)(=O)c2ccc(C)cc2)c2ccccc21. The van der Waals surface area contributed by atoms with Gasteiger partial charge in [-0.15, -0.1) is 6.58 Å². The van der Waals surface area contributed by atoms with Crippen molar-refractivity contribution in [1.29, 1.82) is 0 Å². The molecule has 1 heterocycles. The fourth-order valence-electron chi connectivity index (χ4n) is 4.18. The molecule has 1 aliphatic heterocycles. The maximum Gasteiger partial charge on any atom is 0.264 e. The van der Waals surface area contributed by atoms with Crippen LogP contribution in [0.25, 0.3) is 0 Å². The van der Waals surface area contributed by atoms with E-state index in [-0.39, 0.29) is 17.9 Å². The van der Waals surface area contributed by atoms with Crippen LogP contribution in [0.2, 0.25) is 0 Å². The van der Waals surface area contributed by atoms with Crippen LogP contribution in [0.4, 0.5) is 5.69 Å². The molecule has 0 saturated heterocycles. The van der Waals surface area contributed by atoms with E-state index in [1.54, 1.807) is 36.4 Å². The molecule has 4 nitrogen and oxygen atoms in total. The van der Waals surface area contributed by atoms with Gasteiger partial charge in [-0.05, 0) is 42.7 Å². The van der Waals surface area contributed by atoms with Gasteiger partial charge in [0, 0.05) is 18.5 Å². The van der Waals surface area contributed by atoms with Gasteiger partial charge in [-0.3, -0.25) is 4.31 Å². The molecule has 0 amide bonds. The topological polar surface area (TPSA) is 57.6 Å². The van der Waals surface area contributed by atoms with Crippen molar-refractivity contribution in [1.82, 2.24) is 0 Å². The number of aryl methyl sites for hydroxylation is 1. The van der Waals surface area contributed by atoms with Gasteiger partial charge in [0.2, 0.25) is 0 Å². The predicted octanol–water partition coefficient (Wildman–Crippen LogP) is 4.56. The van der Waals surface area contributed by atoms with E-state index < -0.39 is 15.6 Å². The number of aliphatic hydroxyl groups is 1. The van der Waals surface area contributed by atoms with Gasteiger partial charge in [-0.25, -0.2) is 8.42 Å². The first-order chi connectivity index (χ1) is 14.4. The molecule has 0 bridgehead atoms. The highest BCUT2D eigenvalue weighted by atomic mass is 32.2. The van der Waals surface area contributed by atoms with Crippen LogP contribution in [-0.2, 0) is 22.0 Å². The average molecular weight is 420 g/mol. The molecule has 0 fully saturated rings. The molecule has 1 unspecified atom stereocenters. The number of hydrogen-bond acceptors (Lipinski definition) is 3. The predicted molar refractivity (Wildman–Crippen MR) is 120 cm³/mol. The lowest BCUT2D eigenvalue weighted by molar-refractivity contribution is 0.0696. The maximum absolute atomic E-state index is 13.4. The highest BCUT2D eigenvalue weighted by molar-refractivity contribution is 7.92. The van der Waals surface area contributed by atoms with E-state index in [1.807, 2.05) is 49.4 Å². The van der Waals surface area contributed by atoms with E-state index in [0.717, 1.165) is 16.7 Å². The highest BCUT2D eigenvalue weighted by Crippen LogP contribution is 2.45. The molecule has 0 aliphatic carbocycles. The number of sulfonamides is 1. The van der Waals surface area contributed by atoms with Crippen LogP contribution in [0.3, 0.4) is 0 Å². The van der Waals surface area contributed by atoms with Crippen LogP contribution in [-0.4, -0.2) is 20.1 Å². The fourth-order valence-corrected chi connectivity index (χ4v) is 5.67. The summed E-state index contributed by atoms with van der Waals surface area (Å²) in [6.07, 6.45) is 2.71. The summed E-state index contributed by atoms with van der Waals surface area (Å²) in [6.45, 7) is 5.93. The molecular weight excluding hydrogens is 394 g/mol. The summed E-state index contributed by atoms with van der Waals surface area (Å²) >= 11 is 0. The Hall–Kier alpha value is -2.89. The number of allylic oxidation sites excluding steroid dienone is 1. The normalized spacial score (nSPS) is 18.7. The Morgan fingerprint density at radius 1 is 1.00 bits per heavy atom. The van der Waals surface area contributed by atoms with Crippen molar-refractivity contribution in [3.05, 3.63) is 108 Å². The van der Waals surface area contributed by atoms with Crippen molar-refractivity contribution in [3.8, 4) is 0 Å². The van der Waals surface area contributed by atoms with Crippen molar-refractivity contribution in [2.24, 2.45) is 0 Å². The second-order valence-corrected chi connectivity index (χ2v) is 9.53. The van der Waals surface area contributed by atoms with Gasteiger partial charge in [0.05, 0.1) is 10.6 Å². The molecule has 30 heavy (non-hydrogen) atoms. The second-order valence-electron chi connectivity index (χ2n) is 7.67. The molecule has 154 valence electrons. The summed E-state index contributed by atoms with van der Waals surface area (Å²) in [4.78, 5) is 0.250. The lowest BCUT2D eigenvalue weighted by Crippen LogP contribution is -2.44. The molecule has 0 aromatic heterocycles. The molecule has 1 N–H and O–H groups in total. The second kappa shape index (κ2) is 7.74. The molecule has 1 atom stereocenters. The van der Waals surface area contributed by atoms with Crippen LogP contribution in [0, 0.1) is 6.92 Å². The molecule has 3 aromatic carbocycles. The Labute approximate surface area is 178 Å². The Morgan fingerprint density at radius 3 is 2.33 bits per heavy atom. The van der Waals surface area contributed by atoms with E-state index in [9.17, 15) is 13.5 Å². The largest absolute Gasteiger partial charge is 0.380 e. The minimum Gasteiger partial charge on any atom is -0.380 e. The lowest BCUT2D eigenvalue weighted by Gasteiger charge is -2.41. The summed E-state index contributed by atoms with van der Waals surface area (Å²) < 4.78 is 28.2. The Bertz CT molecular complexity index is 1190. The Kier molecular flexibility index (Phi) is 5.26. The first-order valence-corrected chi connectivity index (χ1v) is 11.4. The summed E-state index contributed by atoms with van der Waals surface area (Å²) in [6, 6.07) is 21.8. The molecule has 0 spiro atoms. The van der Waals surface area contributed by atoms with Gasteiger partial charge in [-0.2, -0.15) is 0 Å². The van der Waals surface area contributed by atoms with Gasteiger partial charge >= 0.3 is 0 Å². The van der Waals surface area contributed by atoms with Crippen LogP contribution in [0.1, 0.15) is 28.7 Å². The molecule has 1 aliphatic rings. The molecule has 0 radical (unpaired) electrons. The minimum absolute atomic E-state index is 0.187. The van der Waals surface area contributed by atoms with E-state index >= 15 is 0 Å². The standard InChI is InChI=1S/C25H25NO3S/c1-3-8-20-9-4-5-10-22(20)25(27)17-18-26(24-12-7-6-11-23(24)25)30(28,29)21-15-13-19(2)14-16-21/h3-7,9-16,27H,1,8,17-18H2,2H3. The van der Waals surface area contributed by atoms with Gasteiger partial charge < -0.3 is 5.11 Å². The lowest BCUT2D eigenvalue weighted by atomic mass is 9.78. The fraction of sp³-hybridized carbons (Fsp3) is 0.200. The smallest absolute Gasteiger partial charge is 0.264 e. The van der Waals surface area contributed by atoms with Crippen molar-refractivity contribution < 1.29 is 13.5 Å². The molecule has 0 saturated carbocycles. The zero-order valence-corrected chi connectivity index (χ0v) is 17.8. The molecule has 3 aromatic rings. The van der Waals surface area contributed by atoms with Crippen molar-refractivity contribution in [2.45, 2.75) is 30.3 Å². The molecule has 5 heteroatoms. The number of benzene rings is 3. The van der Waals surface area contributed by atoms with Crippen LogP contribution >= 0.6 is 0 Å². The third kappa shape index (κ3) is 3.34. The van der Waals surface area contributed by atoms with Gasteiger partial charge in [-0.1, -0.05) is 66.2 Å². The molecular formula is C25H25NO3S. The number of hydrogen-bond donors (Lipinski definition) is 1. The van der Waals surface area contributed by atoms with Crippen LogP contribution < -0.4 is 4.31 Å². The van der Waals surface area contributed by atoms with Gasteiger partial charge in [0.1, 0.15) is 5.60 Å². The van der Waals surface area contributed by atoms with Crippen molar-refractivity contribution in [3.63, 3.8) is 0 Å². The van der Waals surface area contributed by atoms with E-state index in [2.05, 4.69) is 6.58 Å². The van der Waals surface area contributed by atoms with E-state index in [1.165, 1.54) is 4.31 Å². The summed E-state index contributed by atoms with van der Waals surface area (Å²) in [5.41, 5.74) is 2.63. The first kappa shape index (κ1) is 20.4.